The fourth-order valence-electron chi connectivity index (χ4n) is 2.21. The topological polar surface area (TPSA) is 60.2 Å². The van der Waals surface area contributed by atoms with Crippen LogP contribution >= 0.6 is 0 Å². The molecule has 24 heavy (non-hydrogen) atoms. The Morgan fingerprint density at radius 1 is 0.875 bits per heavy atom. The van der Waals surface area contributed by atoms with Gasteiger partial charge in [-0.3, -0.25) is 0 Å². The second-order valence-corrected chi connectivity index (χ2v) is 6.76. The van der Waals surface area contributed by atoms with Crippen LogP contribution in [0.3, 0.4) is 0 Å². The largest absolute Gasteiger partial charge is 0.453 e. The Labute approximate surface area is 135 Å². The van der Waals surface area contributed by atoms with E-state index in [-0.39, 0.29) is 16.2 Å². The Balaban J connectivity index is 2.31. The third kappa shape index (κ3) is 2.80. The van der Waals surface area contributed by atoms with Crippen LogP contribution in [0.4, 0.5) is 13.2 Å². The molecule has 0 aliphatic rings. The maximum atomic E-state index is 13.2. The monoisotopic (exact) mass is 353 g/mol. The molecule has 0 saturated heterocycles. The summed E-state index contributed by atoms with van der Waals surface area (Å²) in [6.45, 7) is 0. The second-order valence-electron chi connectivity index (χ2n) is 4.87. The minimum atomic E-state index is -4.99. The Hall–Kier alpha value is -2.61. The average molecular weight is 353 g/mol. The normalized spacial score (nSPS) is 12.3. The van der Waals surface area contributed by atoms with E-state index >= 15 is 0 Å². The molecule has 0 radical (unpaired) electrons. The lowest BCUT2D eigenvalue weighted by atomic mass is 10.1. The number of halogens is 3. The molecule has 0 atom stereocenters. The predicted molar refractivity (Wildman–Crippen MR) is 78.8 cm³/mol. The zero-order valence-corrected chi connectivity index (χ0v) is 12.8. The van der Waals surface area contributed by atoms with Gasteiger partial charge in [0.25, 0.3) is 5.76 Å². The van der Waals surface area contributed by atoms with Crippen LogP contribution in [0.15, 0.2) is 75.0 Å². The van der Waals surface area contributed by atoms with Crippen LogP contribution in [0.1, 0.15) is 5.76 Å². The van der Waals surface area contributed by atoms with Gasteiger partial charge in [0.2, 0.25) is 9.84 Å². The Bertz CT molecular complexity index is 949. The Morgan fingerprint density at radius 3 is 1.96 bits per heavy atom. The molecule has 0 aliphatic carbocycles. The van der Waals surface area contributed by atoms with Crippen molar-refractivity contribution in [3.8, 4) is 11.3 Å². The molecular formula is C16H10F3NO3S. The van der Waals surface area contributed by atoms with Gasteiger partial charge in [0.05, 0.1) is 4.90 Å². The van der Waals surface area contributed by atoms with E-state index in [4.69, 9.17) is 0 Å². The highest BCUT2D eigenvalue weighted by Crippen LogP contribution is 2.41. The standard InChI is InChI=1S/C16H10F3NO3S/c17-16(18,19)15-14(24(21,22)12-9-5-2-6-10-12)13(20-23-15)11-7-3-1-4-8-11/h1-10H. The fourth-order valence-corrected chi connectivity index (χ4v) is 3.77. The average Bonchev–Trinajstić information content (AvgIpc) is 3.03. The zero-order chi connectivity index (χ0) is 17.4. The molecule has 124 valence electrons. The number of nitrogens with zero attached hydrogens (tertiary/aromatic N) is 1. The summed E-state index contributed by atoms with van der Waals surface area (Å²) in [6.07, 6.45) is -4.99. The zero-order valence-electron chi connectivity index (χ0n) is 12.0. The van der Waals surface area contributed by atoms with Crippen LogP contribution in [0, 0.1) is 0 Å². The van der Waals surface area contributed by atoms with Crippen molar-refractivity contribution in [1.82, 2.24) is 5.16 Å². The van der Waals surface area contributed by atoms with E-state index in [9.17, 15) is 21.6 Å². The molecule has 4 nitrogen and oxygen atoms in total. The summed E-state index contributed by atoms with van der Waals surface area (Å²) >= 11 is 0. The lowest BCUT2D eigenvalue weighted by Gasteiger charge is -2.08. The van der Waals surface area contributed by atoms with Gasteiger partial charge in [0.1, 0.15) is 5.69 Å². The molecule has 1 aromatic heterocycles. The first-order chi connectivity index (χ1) is 11.3. The molecule has 0 N–H and O–H groups in total. The quantitative estimate of drug-likeness (QED) is 0.708. The molecule has 2 aromatic carbocycles. The number of benzene rings is 2. The third-order valence-corrected chi connectivity index (χ3v) is 5.09. The van der Waals surface area contributed by atoms with Gasteiger partial charge in [-0.1, -0.05) is 53.7 Å². The molecule has 8 heteroatoms. The molecule has 0 fully saturated rings. The van der Waals surface area contributed by atoms with Gasteiger partial charge in [0, 0.05) is 5.56 Å². The van der Waals surface area contributed by atoms with E-state index in [1.807, 2.05) is 0 Å². The molecule has 0 bridgehead atoms. The van der Waals surface area contributed by atoms with Crippen molar-refractivity contribution in [1.29, 1.82) is 0 Å². The van der Waals surface area contributed by atoms with E-state index in [2.05, 4.69) is 9.68 Å². The van der Waals surface area contributed by atoms with Gasteiger partial charge in [-0.05, 0) is 12.1 Å². The van der Waals surface area contributed by atoms with E-state index in [1.54, 1.807) is 24.3 Å². The van der Waals surface area contributed by atoms with Crippen molar-refractivity contribution < 1.29 is 26.1 Å². The van der Waals surface area contributed by atoms with Gasteiger partial charge in [-0.15, -0.1) is 0 Å². The summed E-state index contributed by atoms with van der Waals surface area (Å²) in [6, 6.07) is 14.6. The lowest BCUT2D eigenvalue weighted by Crippen LogP contribution is -2.12. The van der Waals surface area contributed by atoms with Crippen molar-refractivity contribution in [2.24, 2.45) is 0 Å². The highest BCUT2D eigenvalue weighted by atomic mass is 32.2. The van der Waals surface area contributed by atoms with E-state index in [0.717, 1.165) is 0 Å². The van der Waals surface area contributed by atoms with Crippen molar-refractivity contribution in [2.75, 3.05) is 0 Å². The Kier molecular flexibility index (Phi) is 3.92. The SMILES string of the molecule is O=S(=O)(c1ccccc1)c1c(-c2ccccc2)noc1C(F)(F)F. The highest BCUT2D eigenvalue weighted by Gasteiger charge is 2.45. The molecule has 0 amide bonds. The molecule has 1 heterocycles. The van der Waals surface area contributed by atoms with Crippen molar-refractivity contribution in [3.05, 3.63) is 66.4 Å². The summed E-state index contributed by atoms with van der Waals surface area (Å²) in [5.41, 5.74) is -0.155. The minimum Gasteiger partial charge on any atom is -0.350 e. The van der Waals surface area contributed by atoms with Crippen molar-refractivity contribution in [3.63, 3.8) is 0 Å². The number of alkyl halides is 3. The van der Waals surface area contributed by atoms with Gasteiger partial charge < -0.3 is 4.52 Å². The van der Waals surface area contributed by atoms with Crippen LogP contribution in [0.2, 0.25) is 0 Å². The third-order valence-electron chi connectivity index (χ3n) is 3.28. The number of hydrogen-bond acceptors (Lipinski definition) is 4. The Morgan fingerprint density at radius 2 is 1.42 bits per heavy atom. The summed E-state index contributed by atoms with van der Waals surface area (Å²) in [5.74, 6) is -1.63. The van der Waals surface area contributed by atoms with Gasteiger partial charge in [0.15, 0.2) is 4.90 Å². The highest BCUT2D eigenvalue weighted by molar-refractivity contribution is 7.91. The van der Waals surface area contributed by atoms with E-state index in [1.165, 1.54) is 36.4 Å². The molecular weight excluding hydrogens is 343 g/mol. The molecule has 0 spiro atoms. The molecule has 0 aliphatic heterocycles. The maximum absolute atomic E-state index is 13.2. The van der Waals surface area contributed by atoms with Gasteiger partial charge in [-0.25, -0.2) is 8.42 Å². The van der Waals surface area contributed by atoms with Crippen molar-refractivity contribution >= 4 is 9.84 Å². The molecule has 3 aromatic rings. The summed E-state index contributed by atoms with van der Waals surface area (Å²) in [5, 5.41) is 3.37. The minimum absolute atomic E-state index is 0.214. The summed E-state index contributed by atoms with van der Waals surface area (Å²) in [7, 11) is -4.46. The van der Waals surface area contributed by atoms with Crippen LogP contribution < -0.4 is 0 Å². The summed E-state index contributed by atoms with van der Waals surface area (Å²) < 4.78 is 69.6. The van der Waals surface area contributed by atoms with E-state index in [0.29, 0.717) is 0 Å². The fraction of sp³-hybridized carbons (Fsp3) is 0.0625. The van der Waals surface area contributed by atoms with Crippen LogP contribution in [0.25, 0.3) is 11.3 Å². The van der Waals surface area contributed by atoms with Gasteiger partial charge >= 0.3 is 6.18 Å². The molecule has 0 unspecified atom stereocenters. The number of aromatic nitrogens is 1. The molecule has 3 rings (SSSR count). The number of rotatable bonds is 3. The lowest BCUT2D eigenvalue weighted by molar-refractivity contribution is -0.158. The first-order valence-electron chi connectivity index (χ1n) is 6.74. The molecule has 0 saturated carbocycles. The van der Waals surface area contributed by atoms with Crippen LogP contribution in [-0.4, -0.2) is 13.6 Å². The number of hydrogen-bond donors (Lipinski definition) is 0. The number of sulfone groups is 1. The maximum Gasteiger partial charge on any atom is 0.453 e. The summed E-state index contributed by atoms with van der Waals surface area (Å²) in [4.78, 5) is -1.25. The van der Waals surface area contributed by atoms with Crippen LogP contribution in [0.5, 0.6) is 0 Å². The van der Waals surface area contributed by atoms with Gasteiger partial charge in [-0.2, -0.15) is 13.2 Å². The van der Waals surface area contributed by atoms with E-state index < -0.39 is 26.7 Å². The van der Waals surface area contributed by atoms with Crippen molar-refractivity contribution in [2.45, 2.75) is 16.0 Å². The second kappa shape index (κ2) is 5.79. The van der Waals surface area contributed by atoms with Crippen LogP contribution in [-0.2, 0) is 16.0 Å². The predicted octanol–water partition coefficient (Wildman–Crippen LogP) is 4.19. The first kappa shape index (κ1) is 16.3. The first-order valence-corrected chi connectivity index (χ1v) is 8.22. The smallest absolute Gasteiger partial charge is 0.350 e.